The smallest absolute Gasteiger partial charge is 0.242 e. The molecule has 1 unspecified atom stereocenters. The molecule has 18 heavy (non-hydrogen) atoms. The average Bonchev–Trinajstić information content (AvgIpc) is 2.36. The Morgan fingerprint density at radius 2 is 2.11 bits per heavy atom. The molecule has 1 heterocycles. The Bertz CT molecular complexity index is 274. The van der Waals surface area contributed by atoms with Crippen LogP contribution in [0.5, 0.6) is 0 Å². The maximum absolute atomic E-state index is 11.9. The summed E-state index contributed by atoms with van der Waals surface area (Å²) in [5, 5.41) is 2.77. The number of piperidine rings is 1. The first-order chi connectivity index (χ1) is 8.20. The van der Waals surface area contributed by atoms with Crippen LogP contribution in [-0.2, 0) is 9.59 Å². The zero-order valence-corrected chi connectivity index (χ0v) is 11.8. The molecule has 5 nitrogen and oxygen atoms in total. The molecule has 0 aromatic rings. The summed E-state index contributed by atoms with van der Waals surface area (Å²) in [4.78, 5) is 25.6. The Balaban J connectivity index is 0.00000289. The molecule has 0 aliphatic carbocycles. The first-order valence-electron chi connectivity index (χ1n) is 6.48. The molecule has 0 radical (unpaired) electrons. The molecular weight excluding hydrogens is 254 g/mol. The Morgan fingerprint density at radius 1 is 1.39 bits per heavy atom. The normalized spacial score (nSPS) is 19.0. The Hall–Kier alpha value is -0.810. The minimum Gasteiger partial charge on any atom is -0.353 e. The van der Waals surface area contributed by atoms with Crippen molar-refractivity contribution in [3.63, 3.8) is 0 Å². The summed E-state index contributed by atoms with van der Waals surface area (Å²) in [7, 11) is 0. The van der Waals surface area contributed by atoms with E-state index in [-0.39, 0.29) is 30.3 Å². The molecule has 106 valence electrons. The SMILES string of the molecule is CCCC(=O)N1CCCCC1C(=O)NCCN.Cl. The lowest BCUT2D eigenvalue weighted by atomic mass is 10.0. The molecule has 1 aliphatic rings. The molecule has 0 aromatic carbocycles. The van der Waals surface area contributed by atoms with E-state index in [9.17, 15) is 9.59 Å². The molecule has 2 amide bonds. The third kappa shape index (κ3) is 4.82. The predicted octanol–water partition coefficient (Wildman–Crippen LogP) is 0.664. The summed E-state index contributed by atoms with van der Waals surface area (Å²) < 4.78 is 0. The Labute approximate surface area is 115 Å². The van der Waals surface area contributed by atoms with Gasteiger partial charge in [0.1, 0.15) is 6.04 Å². The van der Waals surface area contributed by atoms with Crippen molar-refractivity contribution in [1.82, 2.24) is 10.2 Å². The zero-order valence-electron chi connectivity index (χ0n) is 11.0. The van der Waals surface area contributed by atoms with E-state index in [1.807, 2.05) is 6.92 Å². The van der Waals surface area contributed by atoms with E-state index >= 15 is 0 Å². The Morgan fingerprint density at radius 3 is 2.72 bits per heavy atom. The lowest BCUT2D eigenvalue weighted by Gasteiger charge is -2.34. The number of amides is 2. The van der Waals surface area contributed by atoms with Crippen molar-refractivity contribution < 1.29 is 9.59 Å². The molecule has 1 saturated heterocycles. The van der Waals surface area contributed by atoms with E-state index in [1.165, 1.54) is 0 Å². The summed E-state index contributed by atoms with van der Waals surface area (Å²) in [6.45, 7) is 3.59. The number of rotatable bonds is 5. The topological polar surface area (TPSA) is 75.4 Å². The standard InChI is InChI=1S/C12H23N3O2.ClH/c1-2-5-11(16)15-9-4-3-6-10(15)12(17)14-8-7-13;/h10H,2-9,13H2,1H3,(H,14,17);1H. The highest BCUT2D eigenvalue weighted by atomic mass is 35.5. The second-order valence-corrected chi connectivity index (χ2v) is 4.43. The van der Waals surface area contributed by atoms with Crippen molar-refractivity contribution in [2.24, 2.45) is 5.73 Å². The fourth-order valence-electron chi connectivity index (χ4n) is 2.17. The van der Waals surface area contributed by atoms with Crippen LogP contribution in [-0.4, -0.2) is 42.4 Å². The van der Waals surface area contributed by atoms with E-state index in [0.717, 1.165) is 25.7 Å². The van der Waals surface area contributed by atoms with Crippen LogP contribution in [0, 0.1) is 0 Å². The van der Waals surface area contributed by atoms with E-state index in [2.05, 4.69) is 5.32 Å². The quantitative estimate of drug-likeness (QED) is 0.775. The molecule has 1 atom stereocenters. The molecular formula is C12H24ClN3O2. The molecule has 0 aromatic heterocycles. The van der Waals surface area contributed by atoms with Gasteiger partial charge in [-0.15, -0.1) is 12.4 Å². The lowest BCUT2D eigenvalue weighted by Crippen LogP contribution is -2.52. The van der Waals surface area contributed by atoms with Gasteiger partial charge in [-0.05, 0) is 25.7 Å². The highest BCUT2D eigenvalue weighted by Gasteiger charge is 2.31. The maximum atomic E-state index is 11.9. The number of nitrogens with zero attached hydrogens (tertiary/aromatic N) is 1. The Kier molecular flexibility index (Phi) is 8.75. The minimum atomic E-state index is -0.283. The van der Waals surface area contributed by atoms with Crippen LogP contribution >= 0.6 is 12.4 Å². The predicted molar refractivity (Wildman–Crippen MR) is 73.6 cm³/mol. The monoisotopic (exact) mass is 277 g/mol. The number of nitrogens with two attached hydrogens (primary N) is 1. The number of halogens is 1. The number of hydrogen-bond donors (Lipinski definition) is 2. The highest BCUT2D eigenvalue weighted by molar-refractivity contribution is 5.87. The van der Waals surface area contributed by atoms with Crippen LogP contribution in [0.3, 0.4) is 0 Å². The van der Waals surface area contributed by atoms with Crippen molar-refractivity contribution in [3.05, 3.63) is 0 Å². The summed E-state index contributed by atoms with van der Waals surface area (Å²) in [5.41, 5.74) is 5.35. The zero-order chi connectivity index (χ0) is 12.7. The maximum Gasteiger partial charge on any atom is 0.242 e. The first kappa shape index (κ1) is 17.2. The summed E-state index contributed by atoms with van der Waals surface area (Å²) in [6.07, 6.45) is 4.13. The van der Waals surface area contributed by atoms with E-state index in [1.54, 1.807) is 4.90 Å². The van der Waals surface area contributed by atoms with Crippen LogP contribution in [0.2, 0.25) is 0 Å². The van der Waals surface area contributed by atoms with Gasteiger partial charge in [0.25, 0.3) is 0 Å². The van der Waals surface area contributed by atoms with E-state index in [4.69, 9.17) is 5.73 Å². The molecule has 1 aliphatic heterocycles. The number of likely N-dealkylation sites (tertiary alicyclic amines) is 1. The lowest BCUT2D eigenvalue weighted by molar-refractivity contribution is -0.142. The largest absolute Gasteiger partial charge is 0.353 e. The number of carbonyl (C=O) groups is 2. The molecule has 3 N–H and O–H groups in total. The van der Waals surface area contributed by atoms with Crippen LogP contribution in [0.4, 0.5) is 0 Å². The third-order valence-corrected chi connectivity index (χ3v) is 3.03. The number of nitrogens with one attached hydrogen (secondary N) is 1. The summed E-state index contributed by atoms with van der Waals surface area (Å²) in [5.74, 6) is 0.0414. The number of carbonyl (C=O) groups excluding carboxylic acids is 2. The van der Waals surface area contributed by atoms with Gasteiger partial charge in [0.05, 0.1) is 0 Å². The first-order valence-corrected chi connectivity index (χ1v) is 6.48. The van der Waals surface area contributed by atoms with Gasteiger partial charge in [0.15, 0.2) is 0 Å². The van der Waals surface area contributed by atoms with Gasteiger partial charge >= 0.3 is 0 Å². The molecule has 1 fully saturated rings. The van der Waals surface area contributed by atoms with Gasteiger partial charge < -0.3 is 16.0 Å². The van der Waals surface area contributed by atoms with Crippen molar-refractivity contribution >= 4 is 24.2 Å². The number of hydrogen-bond acceptors (Lipinski definition) is 3. The van der Waals surface area contributed by atoms with Gasteiger partial charge in [-0.1, -0.05) is 6.92 Å². The van der Waals surface area contributed by atoms with Crippen LogP contribution in [0.15, 0.2) is 0 Å². The molecule has 1 rings (SSSR count). The second kappa shape index (κ2) is 9.16. The summed E-state index contributed by atoms with van der Waals surface area (Å²) in [6, 6.07) is -0.283. The van der Waals surface area contributed by atoms with Crippen LogP contribution in [0.25, 0.3) is 0 Å². The van der Waals surface area contributed by atoms with Crippen molar-refractivity contribution in [1.29, 1.82) is 0 Å². The van der Waals surface area contributed by atoms with Gasteiger partial charge in [0.2, 0.25) is 11.8 Å². The van der Waals surface area contributed by atoms with Crippen molar-refractivity contribution in [3.8, 4) is 0 Å². The third-order valence-electron chi connectivity index (χ3n) is 3.03. The van der Waals surface area contributed by atoms with Crippen molar-refractivity contribution in [2.45, 2.75) is 45.1 Å². The fourth-order valence-corrected chi connectivity index (χ4v) is 2.17. The minimum absolute atomic E-state index is 0. The van der Waals surface area contributed by atoms with E-state index in [0.29, 0.717) is 26.1 Å². The fraction of sp³-hybridized carbons (Fsp3) is 0.833. The average molecular weight is 278 g/mol. The van der Waals surface area contributed by atoms with E-state index < -0.39 is 0 Å². The van der Waals surface area contributed by atoms with Gasteiger partial charge in [-0.25, -0.2) is 0 Å². The molecule has 0 spiro atoms. The van der Waals surface area contributed by atoms with Gasteiger partial charge in [-0.2, -0.15) is 0 Å². The van der Waals surface area contributed by atoms with Crippen LogP contribution < -0.4 is 11.1 Å². The van der Waals surface area contributed by atoms with Crippen molar-refractivity contribution in [2.75, 3.05) is 19.6 Å². The summed E-state index contributed by atoms with van der Waals surface area (Å²) >= 11 is 0. The molecule has 0 saturated carbocycles. The molecule has 0 bridgehead atoms. The second-order valence-electron chi connectivity index (χ2n) is 4.43. The highest BCUT2D eigenvalue weighted by Crippen LogP contribution is 2.18. The van der Waals surface area contributed by atoms with Gasteiger partial charge in [0, 0.05) is 26.1 Å². The molecule has 6 heteroatoms. The van der Waals surface area contributed by atoms with Gasteiger partial charge in [-0.3, -0.25) is 9.59 Å². The van der Waals surface area contributed by atoms with Crippen LogP contribution in [0.1, 0.15) is 39.0 Å².